The molecule has 0 radical (unpaired) electrons. The Hall–Kier alpha value is -3.69. The molecule has 0 spiro atoms. The van der Waals surface area contributed by atoms with Crippen LogP contribution >= 0.6 is 11.3 Å². The zero-order chi connectivity index (χ0) is 28.9. The Morgan fingerprint density at radius 1 is 0.756 bits per heavy atom. The number of hydrogen-bond acceptors (Lipinski definition) is 2. The third kappa shape index (κ3) is 5.24. The highest BCUT2D eigenvalue weighted by molar-refractivity contribution is 7.17. The topological polar surface area (TPSA) is 17.8 Å². The summed E-state index contributed by atoms with van der Waals surface area (Å²) in [5.74, 6) is 1.72. The van der Waals surface area contributed by atoms with E-state index in [2.05, 4.69) is 143 Å². The van der Waals surface area contributed by atoms with Gasteiger partial charge in [0.25, 0.3) is 0 Å². The molecule has 3 heteroatoms. The molecule has 0 atom stereocenters. The Morgan fingerprint density at radius 3 is 2.07 bits per heavy atom. The summed E-state index contributed by atoms with van der Waals surface area (Å²) in [5.41, 5.74) is 11.5. The predicted octanol–water partition coefficient (Wildman–Crippen LogP) is 11.4. The fourth-order valence-corrected chi connectivity index (χ4v) is 6.94. The quantitative estimate of drug-likeness (QED) is 0.199. The lowest BCUT2D eigenvalue weighted by Gasteiger charge is -2.24. The van der Waals surface area contributed by atoms with Gasteiger partial charge in [0.05, 0.1) is 16.7 Å². The van der Waals surface area contributed by atoms with E-state index in [0.717, 1.165) is 23.3 Å². The molecule has 208 valence electrons. The van der Waals surface area contributed by atoms with E-state index in [-0.39, 0.29) is 5.41 Å². The number of para-hydroxylation sites is 2. The molecule has 2 aromatic heterocycles. The van der Waals surface area contributed by atoms with E-state index in [9.17, 15) is 0 Å². The summed E-state index contributed by atoms with van der Waals surface area (Å²) in [5, 5.41) is 3.61. The minimum Gasteiger partial charge on any atom is -0.292 e. The lowest BCUT2D eigenvalue weighted by Crippen LogP contribution is -2.09. The van der Waals surface area contributed by atoms with Gasteiger partial charge in [0, 0.05) is 21.0 Å². The fraction of sp³-hybridized carbons (Fsp3) is 0.289. The second-order valence-corrected chi connectivity index (χ2v) is 14.1. The Bertz CT molecular complexity index is 1820. The minimum atomic E-state index is 0.232. The molecular formula is C38H40N2S. The molecule has 0 saturated heterocycles. The van der Waals surface area contributed by atoms with Crippen LogP contribution < -0.4 is 0 Å². The van der Waals surface area contributed by atoms with Gasteiger partial charge in [0.2, 0.25) is 0 Å². The highest BCUT2D eigenvalue weighted by Gasteiger charge is 2.25. The lowest BCUT2D eigenvalue weighted by atomic mass is 9.87. The molecule has 0 amide bonds. The molecule has 0 unspecified atom stereocenters. The van der Waals surface area contributed by atoms with Crippen LogP contribution in [0.3, 0.4) is 0 Å². The molecule has 0 fully saturated rings. The summed E-state index contributed by atoms with van der Waals surface area (Å²) in [6.07, 6.45) is 1.05. The number of benzene rings is 4. The highest BCUT2D eigenvalue weighted by Crippen LogP contribution is 2.42. The minimum absolute atomic E-state index is 0.232. The standard InChI is InChI=1S/C38H40N2S/c1-24(2)29-20-28(27-13-9-8-10-14-27)21-30(25(3)4)36(29)40-34-16-12-11-15-33(34)39-37(40)32-23-41-35-18-17-26(19-31(32)35)22-38(5,6)7/h8-21,23-25H,22H2,1-7H3. The van der Waals surface area contributed by atoms with Crippen LogP contribution in [0.4, 0.5) is 0 Å². The van der Waals surface area contributed by atoms with Gasteiger partial charge in [-0.2, -0.15) is 0 Å². The number of thiophene rings is 1. The van der Waals surface area contributed by atoms with Crippen LogP contribution in [0.25, 0.3) is 49.3 Å². The van der Waals surface area contributed by atoms with Crippen molar-refractivity contribution in [2.45, 2.75) is 66.7 Å². The van der Waals surface area contributed by atoms with Gasteiger partial charge in [-0.3, -0.25) is 4.57 Å². The monoisotopic (exact) mass is 556 g/mol. The number of nitrogens with zero attached hydrogens (tertiary/aromatic N) is 2. The molecule has 0 N–H and O–H groups in total. The molecule has 6 aromatic rings. The zero-order valence-corrected chi connectivity index (χ0v) is 26.1. The van der Waals surface area contributed by atoms with Crippen molar-refractivity contribution in [1.82, 2.24) is 9.55 Å². The van der Waals surface area contributed by atoms with Crippen LogP contribution in [0.1, 0.15) is 77.0 Å². The molecule has 0 aliphatic heterocycles. The summed E-state index contributed by atoms with van der Waals surface area (Å²) in [7, 11) is 0. The lowest BCUT2D eigenvalue weighted by molar-refractivity contribution is 0.411. The van der Waals surface area contributed by atoms with Crippen LogP contribution in [0.15, 0.2) is 90.3 Å². The average Bonchev–Trinajstić information content (AvgIpc) is 3.52. The van der Waals surface area contributed by atoms with E-state index in [4.69, 9.17) is 4.98 Å². The Balaban J connectivity index is 1.67. The molecule has 41 heavy (non-hydrogen) atoms. The van der Waals surface area contributed by atoms with Crippen LogP contribution in [0.2, 0.25) is 0 Å². The van der Waals surface area contributed by atoms with E-state index >= 15 is 0 Å². The Morgan fingerprint density at radius 2 is 1.41 bits per heavy atom. The first-order valence-corrected chi connectivity index (χ1v) is 15.7. The van der Waals surface area contributed by atoms with E-state index in [0.29, 0.717) is 11.8 Å². The third-order valence-electron chi connectivity index (χ3n) is 7.92. The molecule has 0 aliphatic rings. The van der Waals surface area contributed by atoms with Crippen LogP contribution in [-0.4, -0.2) is 9.55 Å². The highest BCUT2D eigenvalue weighted by atomic mass is 32.1. The molecule has 2 heterocycles. The summed E-state index contributed by atoms with van der Waals surface area (Å²) in [4.78, 5) is 5.34. The first kappa shape index (κ1) is 27.5. The van der Waals surface area contributed by atoms with Gasteiger partial charge in [-0.05, 0) is 87.9 Å². The number of fused-ring (bicyclic) bond motifs is 2. The molecular weight excluding hydrogens is 516 g/mol. The molecule has 4 aromatic carbocycles. The number of aromatic nitrogens is 2. The largest absolute Gasteiger partial charge is 0.292 e. The van der Waals surface area contributed by atoms with Gasteiger partial charge in [0.15, 0.2) is 0 Å². The van der Waals surface area contributed by atoms with E-state index in [1.165, 1.54) is 49.2 Å². The maximum Gasteiger partial charge on any atom is 0.147 e. The van der Waals surface area contributed by atoms with Crippen molar-refractivity contribution in [3.63, 3.8) is 0 Å². The van der Waals surface area contributed by atoms with Crippen LogP contribution in [-0.2, 0) is 6.42 Å². The second kappa shape index (κ2) is 10.6. The zero-order valence-electron chi connectivity index (χ0n) is 25.3. The first-order chi connectivity index (χ1) is 19.6. The van der Waals surface area contributed by atoms with Gasteiger partial charge in [-0.15, -0.1) is 11.3 Å². The Labute approximate surface area is 248 Å². The predicted molar refractivity (Wildman–Crippen MR) is 179 cm³/mol. The summed E-state index contributed by atoms with van der Waals surface area (Å²) in [6.45, 7) is 16.2. The van der Waals surface area contributed by atoms with E-state index in [1.54, 1.807) is 0 Å². The first-order valence-electron chi connectivity index (χ1n) is 14.8. The molecule has 6 rings (SSSR count). The van der Waals surface area contributed by atoms with E-state index < -0.39 is 0 Å². The van der Waals surface area contributed by atoms with Gasteiger partial charge in [-0.1, -0.05) is 97.0 Å². The summed E-state index contributed by atoms with van der Waals surface area (Å²) >= 11 is 1.82. The van der Waals surface area contributed by atoms with Gasteiger partial charge >= 0.3 is 0 Å². The molecule has 0 saturated carbocycles. The summed E-state index contributed by atoms with van der Waals surface area (Å²) in [6, 6.07) is 31.2. The van der Waals surface area contributed by atoms with Crippen LogP contribution in [0, 0.1) is 5.41 Å². The van der Waals surface area contributed by atoms with Crippen molar-refractivity contribution in [3.8, 4) is 28.2 Å². The van der Waals surface area contributed by atoms with Crippen molar-refractivity contribution in [1.29, 1.82) is 0 Å². The van der Waals surface area contributed by atoms with Crippen molar-refractivity contribution < 1.29 is 0 Å². The normalized spacial score (nSPS) is 12.3. The summed E-state index contributed by atoms with van der Waals surface area (Å²) < 4.78 is 3.77. The number of rotatable bonds is 6. The van der Waals surface area contributed by atoms with Gasteiger partial charge < -0.3 is 0 Å². The Kier molecular flexibility index (Phi) is 7.11. The van der Waals surface area contributed by atoms with Crippen LogP contribution in [0.5, 0.6) is 0 Å². The van der Waals surface area contributed by atoms with Crippen molar-refractivity contribution in [2.75, 3.05) is 0 Å². The fourth-order valence-electron chi connectivity index (χ4n) is 6.02. The van der Waals surface area contributed by atoms with Gasteiger partial charge in [0.1, 0.15) is 5.82 Å². The van der Waals surface area contributed by atoms with E-state index in [1.807, 2.05) is 11.3 Å². The number of hydrogen-bond donors (Lipinski definition) is 0. The van der Waals surface area contributed by atoms with Crippen molar-refractivity contribution in [2.24, 2.45) is 5.41 Å². The molecule has 0 aliphatic carbocycles. The smallest absolute Gasteiger partial charge is 0.147 e. The maximum absolute atomic E-state index is 5.34. The average molecular weight is 557 g/mol. The molecule has 0 bridgehead atoms. The molecule has 2 nitrogen and oxygen atoms in total. The second-order valence-electron chi connectivity index (χ2n) is 13.2. The maximum atomic E-state index is 5.34. The SMILES string of the molecule is CC(C)c1cc(-c2ccccc2)cc(C(C)C)c1-n1c(-c2csc3ccc(CC(C)(C)C)cc23)nc2ccccc21. The van der Waals surface area contributed by atoms with Crippen molar-refractivity contribution in [3.05, 3.63) is 107 Å². The third-order valence-corrected chi connectivity index (χ3v) is 8.88. The van der Waals surface area contributed by atoms with Gasteiger partial charge in [-0.25, -0.2) is 4.98 Å². The van der Waals surface area contributed by atoms with Crippen molar-refractivity contribution >= 4 is 32.5 Å². The number of imidazole rings is 1.